The van der Waals surface area contributed by atoms with Gasteiger partial charge in [-0.15, -0.1) is 0 Å². The van der Waals surface area contributed by atoms with Crippen molar-refractivity contribution in [2.75, 3.05) is 26.2 Å². The largest absolute Gasteiger partial charge is 0.493 e. The van der Waals surface area contributed by atoms with Gasteiger partial charge in [-0.05, 0) is 54.1 Å². The Morgan fingerprint density at radius 3 is 2.17 bits per heavy atom. The third-order valence-corrected chi connectivity index (χ3v) is 6.39. The molecule has 1 unspecified atom stereocenters. The van der Waals surface area contributed by atoms with Crippen molar-refractivity contribution in [2.45, 2.75) is 6.04 Å². The summed E-state index contributed by atoms with van der Waals surface area (Å²) in [6.07, 6.45) is 0. The third kappa shape index (κ3) is 3.68. The van der Waals surface area contributed by atoms with Crippen molar-refractivity contribution < 1.29 is 23.4 Å². The van der Waals surface area contributed by atoms with Crippen molar-refractivity contribution in [3.05, 3.63) is 91.8 Å². The van der Waals surface area contributed by atoms with Gasteiger partial charge in [-0.25, -0.2) is 0 Å². The molecule has 1 amide bonds. The topological polar surface area (TPSA) is 78.2 Å². The summed E-state index contributed by atoms with van der Waals surface area (Å²) in [5, 5.41) is 1.09. The van der Waals surface area contributed by atoms with E-state index in [0.29, 0.717) is 38.5 Å². The molecule has 1 aliphatic heterocycles. The van der Waals surface area contributed by atoms with E-state index < -0.39 is 11.9 Å². The van der Waals surface area contributed by atoms with Crippen molar-refractivity contribution >= 4 is 45.8 Å². The Morgan fingerprint density at radius 2 is 1.54 bits per heavy atom. The number of carbonyl (C=O) groups excluding carboxylic acids is 1. The molecular weight excluding hydrogens is 493 g/mol. The molecule has 4 aromatic rings. The quantitative estimate of drug-likeness (QED) is 0.333. The van der Waals surface area contributed by atoms with Crippen molar-refractivity contribution in [3.8, 4) is 17.2 Å². The highest BCUT2D eigenvalue weighted by Crippen LogP contribution is 2.46. The Kier molecular flexibility index (Phi) is 5.83. The fourth-order valence-electron chi connectivity index (χ4n) is 4.41. The molecule has 0 spiro atoms. The molecule has 9 heteroatoms. The maximum atomic E-state index is 13.8. The number of carbonyl (C=O) groups is 1. The summed E-state index contributed by atoms with van der Waals surface area (Å²) in [6.45, 7) is 0. The van der Waals surface area contributed by atoms with Crippen LogP contribution in [0, 0.1) is 0 Å². The number of hydrogen-bond donors (Lipinski definition) is 0. The average Bonchev–Trinajstić information content (AvgIpc) is 3.16. The Morgan fingerprint density at radius 1 is 0.857 bits per heavy atom. The van der Waals surface area contributed by atoms with E-state index in [0.717, 1.165) is 0 Å². The number of ether oxygens (including phenoxy) is 3. The van der Waals surface area contributed by atoms with Crippen molar-refractivity contribution in [1.29, 1.82) is 0 Å². The van der Waals surface area contributed by atoms with Crippen molar-refractivity contribution in [1.82, 2.24) is 0 Å². The highest BCUT2D eigenvalue weighted by Gasteiger charge is 2.44. The molecular formula is C26H19Cl2NO6. The number of fused-ring (bicyclic) bond motifs is 2. The van der Waals surface area contributed by atoms with Gasteiger partial charge in [0.25, 0.3) is 5.91 Å². The lowest BCUT2D eigenvalue weighted by Crippen LogP contribution is -2.29. The molecule has 0 aliphatic carbocycles. The first-order valence-corrected chi connectivity index (χ1v) is 11.3. The summed E-state index contributed by atoms with van der Waals surface area (Å²) in [4.78, 5) is 29.0. The van der Waals surface area contributed by atoms with Gasteiger partial charge in [0.15, 0.2) is 16.9 Å². The van der Waals surface area contributed by atoms with E-state index >= 15 is 0 Å². The molecule has 178 valence electrons. The number of amides is 1. The average molecular weight is 512 g/mol. The summed E-state index contributed by atoms with van der Waals surface area (Å²) >= 11 is 12.4. The van der Waals surface area contributed by atoms with Crippen LogP contribution in [0.3, 0.4) is 0 Å². The molecule has 0 radical (unpaired) electrons. The van der Waals surface area contributed by atoms with E-state index in [4.69, 9.17) is 41.8 Å². The predicted molar refractivity (Wildman–Crippen MR) is 134 cm³/mol. The van der Waals surface area contributed by atoms with E-state index in [1.165, 1.54) is 32.3 Å². The highest BCUT2D eigenvalue weighted by molar-refractivity contribution is 6.31. The molecule has 0 N–H and O–H groups in total. The number of anilines is 1. The van der Waals surface area contributed by atoms with Crippen LogP contribution in [0.25, 0.3) is 11.0 Å². The first kappa shape index (κ1) is 23.1. The number of benzene rings is 3. The molecule has 2 heterocycles. The van der Waals surface area contributed by atoms with Crippen LogP contribution in [-0.4, -0.2) is 27.2 Å². The minimum absolute atomic E-state index is 0.0523. The lowest BCUT2D eigenvalue weighted by molar-refractivity contribution is 0.0971. The van der Waals surface area contributed by atoms with Crippen LogP contribution in [0.1, 0.15) is 27.7 Å². The van der Waals surface area contributed by atoms with Crippen LogP contribution in [0.5, 0.6) is 17.2 Å². The number of rotatable bonds is 5. The maximum absolute atomic E-state index is 13.8. The van der Waals surface area contributed by atoms with Crippen LogP contribution in [-0.2, 0) is 0 Å². The van der Waals surface area contributed by atoms with Gasteiger partial charge in [-0.3, -0.25) is 14.5 Å². The van der Waals surface area contributed by atoms with Gasteiger partial charge in [0.05, 0.1) is 38.3 Å². The second kappa shape index (κ2) is 8.83. The molecule has 3 aromatic carbocycles. The smallest absolute Gasteiger partial charge is 0.295 e. The summed E-state index contributed by atoms with van der Waals surface area (Å²) in [5.74, 6) is 0.609. The first-order valence-electron chi connectivity index (χ1n) is 10.5. The van der Waals surface area contributed by atoms with Gasteiger partial charge in [-0.2, -0.15) is 0 Å². The summed E-state index contributed by atoms with van der Waals surface area (Å²) in [5.41, 5.74) is 1.14. The van der Waals surface area contributed by atoms with E-state index in [1.54, 1.807) is 48.5 Å². The lowest BCUT2D eigenvalue weighted by Gasteiger charge is -2.26. The van der Waals surface area contributed by atoms with Gasteiger partial charge in [0, 0.05) is 15.7 Å². The zero-order chi connectivity index (χ0) is 24.9. The first-order chi connectivity index (χ1) is 16.9. The zero-order valence-corrected chi connectivity index (χ0v) is 20.4. The standard InChI is InChI=1S/C26H19Cl2NO6/c1-32-19-9-13(10-20(33-2)24(19)34-3)22-21-23(30)17-12-15(28)7-8-18(17)35-25(21)26(31)29(22)16-6-4-5-14(27)11-16/h4-12,22H,1-3H3. The van der Waals surface area contributed by atoms with Gasteiger partial charge < -0.3 is 18.6 Å². The molecule has 1 aromatic heterocycles. The van der Waals surface area contributed by atoms with Gasteiger partial charge in [0.2, 0.25) is 11.5 Å². The van der Waals surface area contributed by atoms with Crippen LogP contribution in [0.2, 0.25) is 10.0 Å². The second-order valence-electron chi connectivity index (χ2n) is 7.83. The predicted octanol–water partition coefficient (Wildman–Crippen LogP) is 5.88. The fraction of sp³-hybridized carbons (Fsp3) is 0.154. The van der Waals surface area contributed by atoms with E-state index in [1.807, 2.05) is 0 Å². The van der Waals surface area contributed by atoms with Crippen LogP contribution < -0.4 is 24.5 Å². The molecule has 7 nitrogen and oxygen atoms in total. The Hall–Kier alpha value is -3.68. The summed E-state index contributed by atoms with van der Waals surface area (Å²) in [6, 6.07) is 14.1. The summed E-state index contributed by atoms with van der Waals surface area (Å²) < 4.78 is 22.5. The Labute approximate surface area is 210 Å². The molecule has 0 saturated carbocycles. The van der Waals surface area contributed by atoms with Gasteiger partial charge in [0.1, 0.15) is 5.58 Å². The number of halogens is 2. The summed E-state index contributed by atoms with van der Waals surface area (Å²) in [7, 11) is 4.48. The molecule has 35 heavy (non-hydrogen) atoms. The van der Waals surface area contributed by atoms with E-state index in [2.05, 4.69) is 0 Å². The normalized spacial score (nSPS) is 14.8. The van der Waals surface area contributed by atoms with Crippen molar-refractivity contribution in [3.63, 3.8) is 0 Å². The number of nitrogens with zero attached hydrogens (tertiary/aromatic N) is 1. The van der Waals surface area contributed by atoms with Gasteiger partial charge >= 0.3 is 0 Å². The number of hydrogen-bond acceptors (Lipinski definition) is 6. The van der Waals surface area contributed by atoms with Crippen LogP contribution >= 0.6 is 23.2 Å². The maximum Gasteiger partial charge on any atom is 0.295 e. The van der Waals surface area contributed by atoms with Crippen molar-refractivity contribution in [2.24, 2.45) is 0 Å². The minimum atomic E-state index is -0.857. The number of methoxy groups -OCH3 is 3. The van der Waals surface area contributed by atoms with Crippen LogP contribution in [0.15, 0.2) is 63.8 Å². The minimum Gasteiger partial charge on any atom is -0.493 e. The van der Waals surface area contributed by atoms with E-state index in [9.17, 15) is 9.59 Å². The fourth-order valence-corrected chi connectivity index (χ4v) is 4.77. The lowest BCUT2D eigenvalue weighted by atomic mass is 9.97. The molecule has 1 atom stereocenters. The monoisotopic (exact) mass is 511 g/mol. The highest BCUT2D eigenvalue weighted by atomic mass is 35.5. The molecule has 5 rings (SSSR count). The molecule has 0 fully saturated rings. The SMILES string of the molecule is COc1cc(C2c3c(oc4ccc(Cl)cc4c3=O)C(=O)N2c2cccc(Cl)c2)cc(OC)c1OC. The van der Waals surface area contributed by atoms with E-state index in [-0.39, 0.29) is 27.7 Å². The Balaban J connectivity index is 1.85. The van der Waals surface area contributed by atoms with Gasteiger partial charge in [-0.1, -0.05) is 29.3 Å². The van der Waals surface area contributed by atoms with Crippen LogP contribution in [0.4, 0.5) is 5.69 Å². The Bertz CT molecular complexity index is 1520. The molecule has 0 bridgehead atoms. The molecule has 1 aliphatic rings. The molecule has 0 saturated heterocycles. The third-order valence-electron chi connectivity index (χ3n) is 5.92. The second-order valence-corrected chi connectivity index (χ2v) is 8.70. The zero-order valence-electron chi connectivity index (χ0n) is 18.9.